The number of halogens is 3. The monoisotopic (exact) mass is 578 g/mol. The topological polar surface area (TPSA) is 75.5 Å². The van der Waals surface area contributed by atoms with E-state index in [9.17, 15) is 13.2 Å². The standard InChI is InChI=1S/C14H15N2O.C5H9F3O2.Ir/c1-4-17-13-7-5-6-12(8-13)14-11(3)16-10(2)9-15-14;1-3(9)2-4(10)5(6,7)8;/h5,7-9H,4H2,1-3H3;3-4,9-10H,2H2,1H3;/q-1;;. The molecule has 0 amide bonds. The van der Waals surface area contributed by atoms with Gasteiger partial charge < -0.3 is 19.9 Å². The summed E-state index contributed by atoms with van der Waals surface area (Å²) in [6.07, 6.45) is -7.05. The van der Waals surface area contributed by atoms with Crippen LogP contribution in [-0.4, -0.2) is 45.2 Å². The molecule has 1 aromatic heterocycles. The first kappa shape index (κ1) is 26.5. The molecule has 1 heterocycles. The zero-order chi connectivity index (χ0) is 20.6. The molecule has 0 aliphatic carbocycles. The third-order valence-corrected chi connectivity index (χ3v) is 3.35. The summed E-state index contributed by atoms with van der Waals surface area (Å²) in [7, 11) is 0. The summed E-state index contributed by atoms with van der Waals surface area (Å²) in [5, 5.41) is 16.7. The second-order valence-corrected chi connectivity index (χ2v) is 5.96. The van der Waals surface area contributed by atoms with Crippen LogP contribution in [0, 0.1) is 19.9 Å². The summed E-state index contributed by atoms with van der Waals surface area (Å²) in [6.45, 7) is 7.70. The molecule has 2 N–H and O–H groups in total. The van der Waals surface area contributed by atoms with Crippen LogP contribution < -0.4 is 4.74 Å². The number of nitrogens with zero attached hydrogens (tertiary/aromatic N) is 2. The number of aryl methyl sites for hydroxylation is 2. The van der Waals surface area contributed by atoms with E-state index in [-0.39, 0.29) is 20.1 Å². The number of alkyl halides is 3. The first-order valence-electron chi connectivity index (χ1n) is 8.42. The molecule has 1 aromatic carbocycles. The van der Waals surface area contributed by atoms with Crippen molar-refractivity contribution in [2.24, 2.45) is 0 Å². The van der Waals surface area contributed by atoms with Crippen molar-refractivity contribution in [3.05, 3.63) is 41.9 Å². The molecule has 159 valence electrons. The molecule has 5 nitrogen and oxygen atoms in total. The van der Waals surface area contributed by atoms with Gasteiger partial charge in [0.15, 0.2) is 6.10 Å². The number of aromatic nitrogens is 2. The predicted octanol–water partition coefficient (Wildman–Crippen LogP) is 3.64. The maximum Gasteiger partial charge on any atom is 0.414 e. The average molecular weight is 578 g/mol. The van der Waals surface area contributed by atoms with Crippen LogP contribution in [-0.2, 0) is 20.1 Å². The minimum absolute atomic E-state index is 0. The van der Waals surface area contributed by atoms with E-state index in [0.717, 1.165) is 28.4 Å². The van der Waals surface area contributed by atoms with Gasteiger partial charge in [-0.3, -0.25) is 4.98 Å². The van der Waals surface area contributed by atoms with Gasteiger partial charge in [0.2, 0.25) is 0 Å². The van der Waals surface area contributed by atoms with E-state index in [0.29, 0.717) is 6.61 Å². The fraction of sp³-hybridized carbons (Fsp3) is 0.474. The van der Waals surface area contributed by atoms with E-state index in [2.05, 4.69) is 16.0 Å². The van der Waals surface area contributed by atoms with Crippen molar-refractivity contribution in [2.45, 2.75) is 52.5 Å². The van der Waals surface area contributed by atoms with E-state index in [1.807, 2.05) is 39.0 Å². The smallest absolute Gasteiger partial charge is 0.414 e. The van der Waals surface area contributed by atoms with Gasteiger partial charge in [0, 0.05) is 49.9 Å². The molecule has 2 aromatic rings. The van der Waals surface area contributed by atoms with E-state index in [4.69, 9.17) is 14.9 Å². The number of aliphatic hydroxyl groups excluding tert-OH is 2. The summed E-state index contributed by atoms with van der Waals surface area (Å²) in [5.74, 6) is 0.836. The largest absolute Gasteiger partial charge is 0.513 e. The molecule has 0 spiro atoms. The Morgan fingerprint density at radius 2 is 1.89 bits per heavy atom. The van der Waals surface area contributed by atoms with E-state index >= 15 is 0 Å². The Morgan fingerprint density at radius 1 is 1.25 bits per heavy atom. The van der Waals surface area contributed by atoms with Crippen molar-refractivity contribution in [3.63, 3.8) is 0 Å². The normalized spacial score (nSPS) is 12.9. The molecule has 28 heavy (non-hydrogen) atoms. The quantitative estimate of drug-likeness (QED) is 0.531. The Bertz CT molecular complexity index is 728. The van der Waals surface area contributed by atoms with Gasteiger partial charge in [0.25, 0.3) is 0 Å². The fourth-order valence-electron chi connectivity index (χ4n) is 2.16. The summed E-state index contributed by atoms with van der Waals surface area (Å²) in [6, 6.07) is 8.84. The Labute approximate surface area is 176 Å². The molecule has 2 rings (SSSR count). The maximum atomic E-state index is 11.4. The van der Waals surface area contributed by atoms with Gasteiger partial charge in [-0.25, -0.2) is 0 Å². The zero-order valence-electron chi connectivity index (χ0n) is 16.0. The Kier molecular flexibility index (Phi) is 11.4. The van der Waals surface area contributed by atoms with Gasteiger partial charge in [-0.15, -0.1) is 29.8 Å². The molecular weight excluding hydrogens is 553 g/mol. The molecule has 0 saturated carbocycles. The van der Waals surface area contributed by atoms with Gasteiger partial charge in [-0.2, -0.15) is 13.2 Å². The van der Waals surface area contributed by atoms with Crippen molar-refractivity contribution in [1.82, 2.24) is 9.97 Å². The van der Waals surface area contributed by atoms with Gasteiger partial charge in [-0.05, 0) is 27.7 Å². The second-order valence-electron chi connectivity index (χ2n) is 5.96. The molecule has 0 aliphatic heterocycles. The Morgan fingerprint density at radius 3 is 2.36 bits per heavy atom. The first-order chi connectivity index (χ1) is 12.5. The molecular formula is C19H24F3IrN2O3-. The second kappa shape index (κ2) is 12.1. The van der Waals surface area contributed by atoms with E-state index < -0.39 is 24.8 Å². The maximum absolute atomic E-state index is 11.4. The third-order valence-electron chi connectivity index (χ3n) is 3.35. The van der Waals surface area contributed by atoms with Crippen molar-refractivity contribution < 1.29 is 48.2 Å². The van der Waals surface area contributed by atoms with Gasteiger partial charge >= 0.3 is 6.18 Å². The number of hydrogen-bond acceptors (Lipinski definition) is 5. The van der Waals surface area contributed by atoms with Crippen LogP contribution in [0.25, 0.3) is 11.3 Å². The van der Waals surface area contributed by atoms with Crippen LogP contribution in [0.1, 0.15) is 31.7 Å². The van der Waals surface area contributed by atoms with Crippen LogP contribution in [0.5, 0.6) is 5.75 Å². The molecule has 0 aliphatic rings. The minimum atomic E-state index is -4.61. The van der Waals surface area contributed by atoms with Crippen molar-refractivity contribution in [1.29, 1.82) is 0 Å². The SMILES string of the molecule is CC(O)CC(O)C(F)(F)F.CCOc1cc[c-]c(-c2ncc(C)nc2C)c1.[Ir]. The van der Waals surface area contributed by atoms with Gasteiger partial charge in [0.1, 0.15) is 0 Å². The predicted molar refractivity (Wildman–Crippen MR) is 95.3 cm³/mol. The van der Waals surface area contributed by atoms with Crippen LogP contribution in [0.2, 0.25) is 0 Å². The van der Waals surface area contributed by atoms with Crippen LogP contribution in [0.15, 0.2) is 24.4 Å². The Balaban J connectivity index is 0.000000577. The number of aliphatic hydroxyl groups is 2. The zero-order valence-corrected chi connectivity index (χ0v) is 18.4. The van der Waals surface area contributed by atoms with Crippen molar-refractivity contribution >= 4 is 0 Å². The molecule has 2 unspecified atom stereocenters. The summed E-state index contributed by atoms with van der Waals surface area (Å²) in [5.41, 5.74) is 3.61. The number of hydrogen-bond donors (Lipinski definition) is 2. The van der Waals surface area contributed by atoms with E-state index in [1.165, 1.54) is 6.92 Å². The number of rotatable bonds is 5. The van der Waals surface area contributed by atoms with Crippen LogP contribution >= 0.6 is 0 Å². The minimum Gasteiger partial charge on any atom is -0.513 e. The summed E-state index contributed by atoms with van der Waals surface area (Å²) in [4.78, 5) is 8.80. The van der Waals surface area contributed by atoms with Crippen molar-refractivity contribution in [3.8, 4) is 17.0 Å². The molecule has 0 saturated heterocycles. The molecule has 0 fully saturated rings. The Hall–Kier alpha value is -1.54. The van der Waals surface area contributed by atoms with E-state index in [1.54, 1.807) is 6.20 Å². The molecule has 2 atom stereocenters. The summed E-state index contributed by atoms with van der Waals surface area (Å²) < 4.78 is 39.8. The van der Waals surface area contributed by atoms with Crippen molar-refractivity contribution in [2.75, 3.05) is 6.61 Å². The third kappa shape index (κ3) is 9.10. The summed E-state index contributed by atoms with van der Waals surface area (Å²) >= 11 is 0. The molecule has 0 bridgehead atoms. The molecule has 9 heteroatoms. The first-order valence-corrected chi connectivity index (χ1v) is 8.42. The van der Waals surface area contributed by atoms with Crippen LogP contribution in [0.4, 0.5) is 13.2 Å². The number of benzene rings is 1. The van der Waals surface area contributed by atoms with Gasteiger partial charge in [-0.1, -0.05) is 0 Å². The van der Waals surface area contributed by atoms with Crippen LogP contribution in [0.3, 0.4) is 0 Å². The van der Waals surface area contributed by atoms with Gasteiger partial charge in [0.05, 0.1) is 18.4 Å². The molecule has 1 radical (unpaired) electrons. The average Bonchev–Trinajstić information content (AvgIpc) is 2.54. The number of ether oxygens (including phenoxy) is 1. The fourth-order valence-corrected chi connectivity index (χ4v) is 2.16.